The monoisotopic (exact) mass is 219 g/mol. The average Bonchev–Trinajstić information content (AvgIpc) is 2.78. The predicted octanol–water partition coefficient (Wildman–Crippen LogP) is -0.540. The zero-order valence-corrected chi connectivity index (χ0v) is 8.44. The van der Waals surface area contributed by atoms with Crippen LogP contribution >= 0.6 is 0 Å². The fourth-order valence-corrected chi connectivity index (χ4v) is 1.03. The van der Waals surface area contributed by atoms with Gasteiger partial charge in [-0.25, -0.2) is 15.0 Å². The van der Waals surface area contributed by atoms with Crippen LogP contribution in [0.3, 0.4) is 0 Å². The molecule has 0 unspecified atom stereocenters. The molecule has 3 N–H and O–H groups in total. The van der Waals surface area contributed by atoms with Crippen LogP contribution in [0.2, 0.25) is 0 Å². The van der Waals surface area contributed by atoms with Crippen molar-refractivity contribution < 1.29 is 5.21 Å². The molecule has 8 heteroatoms. The van der Waals surface area contributed by atoms with Crippen molar-refractivity contribution in [1.82, 2.24) is 24.7 Å². The zero-order valence-electron chi connectivity index (χ0n) is 8.44. The smallest absolute Gasteiger partial charge is 0.251 e. The first kappa shape index (κ1) is 10.0. The van der Waals surface area contributed by atoms with Gasteiger partial charge in [0.25, 0.3) is 5.95 Å². The summed E-state index contributed by atoms with van der Waals surface area (Å²) in [6.07, 6.45) is 4.71. The van der Waals surface area contributed by atoms with Gasteiger partial charge < -0.3 is 10.9 Å². The highest BCUT2D eigenvalue weighted by Gasteiger charge is 2.08. The molecule has 82 valence electrons. The first-order chi connectivity index (χ1) is 7.70. The second-order valence-electron chi connectivity index (χ2n) is 3.06. The lowest BCUT2D eigenvalue weighted by Crippen LogP contribution is -2.15. The summed E-state index contributed by atoms with van der Waals surface area (Å²) >= 11 is 0. The van der Waals surface area contributed by atoms with Crippen LogP contribution in [-0.4, -0.2) is 35.8 Å². The van der Waals surface area contributed by atoms with E-state index in [1.807, 2.05) is 6.92 Å². The molecular weight excluding hydrogens is 210 g/mol. The second-order valence-corrected chi connectivity index (χ2v) is 3.06. The van der Waals surface area contributed by atoms with Gasteiger partial charge in [0.1, 0.15) is 6.33 Å². The Morgan fingerprint density at radius 1 is 1.38 bits per heavy atom. The summed E-state index contributed by atoms with van der Waals surface area (Å²) in [5.41, 5.74) is 6.28. The SMILES string of the molecule is Cc1cnc(-n2cnc(C(N)=NO)n2)nc1. The lowest BCUT2D eigenvalue weighted by molar-refractivity contribution is 0.318. The second kappa shape index (κ2) is 3.93. The Morgan fingerprint density at radius 3 is 2.69 bits per heavy atom. The highest BCUT2D eigenvalue weighted by atomic mass is 16.4. The van der Waals surface area contributed by atoms with Crippen LogP contribution in [0, 0.1) is 6.92 Å². The normalized spacial score (nSPS) is 11.7. The molecule has 8 nitrogen and oxygen atoms in total. The number of nitrogens with zero attached hydrogens (tertiary/aromatic N) is 6. The molecule has 0 saturated carbocycles. The van der Waals surface area contributed by atoms with Gasteiger partial charge in [-0.1, -0.05) is 5.16 Å². The van der Waals surface area contributed by atoms with Gasteiger partial charge in [-0.2, -0.15) is 4.68 Å². The third-order valence-corrected chi connectivity index (χ3v) is 1.80. The minimum absolute atomic E-state index is 0.117. The minimum Gasteiger partial charge on any atom is -0.409 e. The molecule has 2 heterocycles. The molecule has 0 aliphatic carbocycles. The van der Waals surface area contributed by atoms with E-state index >= 15 is 0 Å². The molecule has 2 rings (SSSR count). The highest BCUT2D eigenvalue weighted by molar-refractivity contribution is 5.93. The van der Waals surface area contributed by atoms with Gasteiger partial charge in [0.2, 0.25) is 11.7 Å². The third-order valence-electron chi connectivity index (χ3n) is 1.80. The molecule has 2 aromatic rings. The fraction of sp³-hybridized carbons (Fsp3) is 0.125. The van der Waals surface area contributed by atoms with Gasteiger partial charge in [-0.15, -0.1) is 5.10 Å². The lowest BCUT2D eigenvalue weighted by Gasteiger charge is -1.97. The number of aromatic nitrogens is 5. The number of oxime groups is 1. The van der Waals surface area contributed by atoms with Crippen molar-refractivity contribution in [2.24, 2.45) is 10.9 Å². The van der Waals surface area contributed by atoms with Crippen LogP contribution in [0.15, 0.2) is 23.9 Å². The Hall–Kier alpha value is -2.51. The van der Waals surface area contributed by atoms with E-state index in [1.165, 1.54) is 11.0 Å². The molecular formula is C8H9N7O. The number of rotatable bonds is 2. The first-order valence-electron chi connectivity index (χ1n) is 4.39. The molecule has 0 aromatic carbocycles. The van der Waals surface area contributed by atoms with Crippen LogP contribution in [0.1, 0.15) is 11.4 Å². The average molecular weight is 219 g/mol. The summed E-state index contributed by atoms with van der Waals surface area (Å²) < 4.78 is 1.34. The topological polar surface area (TPSA) is 115 Å². The maximum absolute atomic E-state index is 8.45. The maximum atomic E-state index is 8.45. The van der Waals surface area contributed by atoms with Crippen LogP contribution in [0.25, 0.3) is 5.95 Å². The van der Waals surface area contributed by atoms with E-state index in [0.717, 1.165) is 5.56 Å². The van der Waals surface area contributed by atoms with Gasteiger partial charge in [0.15, 0.2) is 0 Å². The summed E-state index contributed by atoms with van der Waals surface area (Å²) in [7, 11) is 0. The van der Waals surface area contributed by atoms with E-state index < -0.39 is 0 Å². The third kappa shape index (κ3) is 1.80. The van der Waals surface area contributed by atoms with E-state index in [0.29, 0.717) is 5.95 Å². The van der Waals surface area contributed by atoms with E-state index in [-0.39, 0.29) is 11.7 Å². The summed E-state index contributed by atoms with van der Waals surface area (Å²) in [6, 6.07) is 0. The highest BCUT2D eigenvalue weighted by Crippen LogP contribution is 1.99. The molecule has 0 saturated heterocycles. The minimum atomic E-state index is -0.161. The fourth-order valence-electron chi connectivity index (χ4n) is 1.03. The van der Waals surface area contributed by atoms with Gasteiger partial charge >= 0.3 is 0 Å². The van der Waals surface area contributed by atoms with Crippen molar-refractivity contribution in [3.63, 3.8) is 0 Å². The van der Waals surface area contributed by atoms with Crippen LogP contribution < -0.4 is 5.73 Å². The van der Waals surface area contributed by atoms with E-state index in [9.17, 15) is 0 Å². The molecule has 0 spiro atoms. The Morgan fingerprint density at radius 2 is 2.06 bits per heavy atom. The zero-order chi connectivity index (χ0) is 11.5. The van der Waals surface area contributed by atoms with Crippen molar-refractivity contribution in [3.05, 3.63) is 30.1 Å². The number of nitrogens with two attached hydrogens (primary N) is 1. The van der Waals surface area contributed by atoms with Gasteiger partial charge in [-0.05, 0) is 12.5 Å². The van der Waals surface area contributed by atoms with E-state index in [2.05, 4.69) is 25.2 Å². The number of hydrogen-bond donors (Lipinski definition) is 2. The molecule has 0 atom stereocenters. The van der Waals surface area contributed by atoms with Gasteiger partial charge in [0.05, 0.1) is 0 Å². The largest absolute Gasteiger partial charge is 0.409 e. The van der Waals surface area contributed by atoms with Crippen molar-refractivity contribution in [2.45, 2.75) is 6.92 Å². The maximum Gasteiger partial charge on any atom is 0.251 e. The van der Waals surface area contributed by atoms with Crippen LogP contribution in [-0.2, 0) is 0 Å². The summed E-state index contributed by atoms with van der Waals surface area (Å²) in [4.78, 5) is 11.9. The molecule has 0 radical (unpaired) electrons. The Bertz CT molecular complexity index is 515. The van der Waals surface area contributed by atoms with Crippen molar-refractivity contribution in [1.29, 1.82) is 0 Å². The number of amidine groups is 1. The molecule has 0 aliphatic rings. The molecule has 2 aromatic heterocycles. The van der Waals surface area contributed by atoms with Crippen molar-refractivity contribution in [3.8, 4) is 5.95 Å². The van der Waals surface area contributed by atoms with Gasteiger partial charge in [0, 0.05) is 12.4 Å². The summed E-state index contributed by atoms with van der Waals surface area (Å²) in [5, 5.41) is 15.2. The molecule has 0 fully saturated rings. The Labute approximate surface area is 90.5 Å². The summed E-state index contributed by atoms with van der Waals surface area (Å²) in [6.45, 7) is 1.88. The molecule has 0 amide bonds. The standard InChI is InChI=1S/C8H9N7O/c1-5-2-10-8(11-3-5)15-4-12-7(13-15)6(9)14-16/h2-4,16H,1H3,(H2,9,14). The van der Waals surface area contributed by atoms with Crippen LogP contribution in [0.4, 0.5) is 0 Å². The van der Waals surface area contributed by atoms with E-state index in [1.54, 1.807) is 12.4 Å². The Balaban J connectivity index is 2.35. The molecule has 16 heavy (non-hydrogen) atoms. The molecule has 0 bridgehead atoms. The van der Waals surface area contributed by atoms with Gasteiger partial charge in [-0.3, -0.25) is 0 Å². The van der Waals surface area contributed by atoms with Crippen LogP contribution in [0.5, 0.6) is 0 Å². The lowest BCUT2D eigenvalue weighted by atomic mass is 10.4. The summed E-state index contributed by atoms with van der Waals surface area (Å²) in [5.74, 6) is 0.327. The predicted molar refractivity (Wildman–Crippen MR) is 54.2 cm³/mol. The number of aryl methyl sites for hydroxylation is 1. The Kier molecular flexibility index (Phi) is 2.46. The first-order valence-corrected chi connectivity index (χ1v) is 4.39. The van der Waals surface area contributed by atoms with E-state index in [4.69, 9.17) is 10.9 Å². The van der Waals surface area contributed by atoms with Crippen molar-refractivity contribution >= 4 is 5.84 Å². The number of hydrogen-bond acceptors (Lipinski definition) is 6. The molecule has 0 aliphatic heterocycles. The quantitative estimate of drug-likeness (QED) is 0.303. The van der Waals surface area contributed by atoms with Crippen molar-refractivity contribution in [2.75, 3.05) is 0 Å².